The number of carbonyl (C=O) groups excluding carboxylic acids is 1. The molecule has 2 aromatic heterocycles. The van der Waals surface area contributed by atoms with Gasteiger partial charge in [0.1, 0.15) is 11.6 Å². The van der Waals surface area contributed by atoms with E-state index in [0.717, 1.165) is 24.2 Å². The quantitative estimate of drug-likeness (QED) is 0.647. The van der Waals surface area contributed by atoms with E-state index in [9.17, 15) is 22.0 Å². The lowest BCUT2D eigenvalue weighted by Crippen LogP contribution is -2.35. The minimum atomic E-state index is -3.11. The number of rotatable bonds is 4. The molecule has 3 aromatic rings. The van der Waals surface area contributed by atoms with Gasteiger partial charge in [-0.15, -0.1) is 0 Å². The van der Waals surface area contributed by atoms with Gasteiger partial charge in [0.15, 0.2) is 9.84 Å². The standard InChI is InChI=1S/C22H22F2N4O3S/c23-14-3-4-19(24)17(10-14)20-2-1-7-27(20)16-5-8-28-21(11-16)18(12-25-28)22(29)26-15-6-9-32(30,31)13-15/h3-5,8,10-12,15,20H,1-2,6-7,9,13H2,(H,26,29)/t15?,20-/m1/s1. The lowest BCUT2D eigenvalue weighted by atomic mass is 10.0. The van der Waals surface area contributed by atoms with Crippen molar-refractivity contribution >= 4 is 26.9 Å². The topological polar surface area (TPSA) is 83.8 Å². The Balaban J connectivity index is 1.44. The molecule has 7 nitrogen and oxygen atoms in total. The molecule has 0 radical (unpaired) electrons. The van der Waals surface area contributed by atoms with Gasteiger partial charge >= 0.3 is 0 Å². The van der Waals surface area contributed by atoms with Gasteiger partial charge in [0.05, 0.1) is 34.8 Å². The Morgan fingerprint density at radius 2 is 2.00 bits per heavy atom. The maximum absolute atomic E-state index is 14.4. The molecule has 2 saturated heterocycles. The van der Waals surface area contributed by atoms with Crippen molar-refractivity contribution < 1.29 is 22.0 Å². The van der Waals surface area contributed by atoms with Crippen molar-refractivity contribution in [1.82, 2.24) is 14.9 Å². The monoisotopic (exact) mass is 460 g/mol. The normalized spacial score (nSPS) is 22.5. The summed E-state index contributed by atoms with van der Waals surface area (Å²) in [4.78, 5) is 14.8. The van der Waals surface area contributed by atoms with E-state index < -0.39 is 27.5 Å². The zero-order chi connectivity index (χ0) is 22.5. The summed E-state index contributed by atoms with van der Waals surface area (Å²) in [5.74, 6) is -1.29. The van der Waals surface area contributed by atoms with E-state index in [2.05, 4.69) is 10.4 Å². The zero-order valence-electron chi connectivity index (χ0n) is 17.2. The second-order valence-electron chi connectivity index (χ2n) is 8.36. The van der Waals surface area contributed by atoms with Crippen LogP contribution in [0.1, 0.15) is 41.2 Å². The average molecular weight is 461 g/mol. The first-order valence-electron chi connectivity index (χ1n) is 10.5. The number of carbonyl (C=O) groups is 1. The number of pyridine rings is 1. The molecule has 0 bridgehead atoms. The van der Waals surface area contributed by atoms with Crippen molar-refractivity contribution in [3.63, 3.8) is 0 Å². The highest BCUT2D eigenvalue weighted by Gasteiger charge is 2.31. The fourth-order valence-corrected chi connectivity index (χ4v) is 6.34. The maximum Gasteiger partial charge on any atom is 0.255 e. The van der Waals surface area contributed by atoms with E-state index in [1.54, 1.807) is 10.7 Å². The molecule has 2 atom stereocenters. The van der Waals surface area contributed by atoms with Gasteiger partial charge in [-0.05, 0) is 49.6 Å². The predicted octanol–water partition coefficient (Wildman–Crippen LogP) is 2.87. The van der Waals surface area contributed by atoms with Gasteiger partial charge in [-0.2, -0.15) is 5.10 Å². The Kier molecular flexibility index (Phi) is 5.11. The molecule has 0 aliphatic carbocycles. The third-order valence-electron chi connectivity index (χ3n) is 6.22. The van der Waals surface area contributed by atoms with Gasteiger partial charge in [0, 0.05) is 30.0 Å². The molecule has 1 unspecified atom stereocenters. The SMILES string of the molecule is O=C(NC1CCS(=O)(=O)C1)c1cnn2ccc(N3CCC[C@@H]3c3cc(F)ccc3F)cc12. The van der Waals surface area contributed by atoms with Crippen LogP contribution in [0, 0.1) is 11.6 Å². The molecule has 1 aromatic carbocycles. The number of benzene rings is 1. The molecule has 5 rings (SSSR count). The van der Waals surface area contributed by atoms with Gasteiger partial charge in [-0.1, -0.05) is 0 Å². The van der Waals surface area contributed by atoms with Crippen LogP contribution >= 0.6 is 0 Å². The third-order valence-corrected chi connectivity index (χ3v) is 7.99. The van der Waals surface area contributed by atoms with Gasteiger partial charge in [0.2, 0.25) is 0 Å². The second kappa shape index (κ2) is 7.84. The lowest BCUT2D eigenvalue weighted by Gasteiger charge is -2.27. The number of nitrogens with zero attached hydrogens (tertiary/aromatic N) is 3. The van der Waals surface area contributed by atoms with Crippen molar-refractivity contribution in [2.24, 2.45) is 0 Å². The number of halogens is 2. The molecule has 10 heteroatoms. The van der Waals surface area contributed by atoms with E-state index in [-0.39, 0.29) is 23.5 Å². The molecule has 0 saturated carbocycles. The number of sulfone groups is 1. The first kappa shape index (κ1) is 20.9. The number of hydrogen-bond acceptors (Lipinski definition) is 5. The Bertz CT molecular complexity index is 1310. The summed E-state index contributed by atoms with van der Waals surface area (Å²) in [6.07, 6.45) is 5.08. The minimum absolute atomic E-state index is 0.0577. The van der Waals surface area contributed by atoms with Crippen LogP contribution in [0.2, 0.25) is 0 Å². The van der Waals surface area contributed by atoms with E-state index >= 15 is 0 Å². The number of anilines is 1. The van der Waals surface area contributed by atoms with Crippen LogP contribution in [0.5, 0.6) is 0 Å². The highest BCUT2D eigenvalue weighted by Crippen LogP contribution is 2.38. The molecule has 168 valence electrons. The van der Waals surface area contributed by atoms with Crippen LogP contribution < -0.4 is 10.2 Å². The van der Waals surface area contributed by atoms with Crippen molar-refractivity contribution in [1.29, 1.82) is 0 Å². The summed E-state index contributed by atoms with van der Waals surface area (Å²) in [6.45, 7) is 0.673. The maximum atomic E-state index is 14.4. The fraction of sp³-hybridized carbons (Fsp3) is 0.364. The van der Waals surface area contributed by atoms with Crippen LogP contribution in [0.25, 0.3) is 5.52 Å². The van der Waals surface area contributed by atoms with Gasteiger partial charge in [-0.25, -0.2) is 21.7 Å². The van der Waals surface area contributed by atoms with Crippen LogP contribution in [-0.4, -0.2) is 48.0 Å². The van der Waals surface area contributed by atoms with Gasteiger partial charge in [0.25, 0.3) is 5.91 Å². The summed E-state index contributed by atoms with van der Waals surface area (Å²) in [5.41, 5.74) is 1.99. The molecule has 4 heterocycles. The van der Waals surface area contributed by atoms with Gasteiger partial charge in [-0.3, -0.25) is 4.79 Å². The largest absolute Gasteiger partial charge is 0.364 e. The number of amides is 1. The number of hydrogen-bond donors (Lipinski definition) is 1. The Labute approximate surface area is 183 Å². The summed E-state index contributed by atoms with van der Waals surface area (Å²) >= 11 is 0. The van der Waals surface area contributed by atoms with Gasteiger partial charge < -0.3 is 10.2 Å². The number of fused-ring (bicyclic) bond motifs is 1. The van der Waals surface area contributed by atoms with Crippen LogP contribution in [0.3, 0.4) is 0 Å². The Morgan fingerprint density at radius 3 is 2.78 bits per heavy atom. The second-order valence-corrected chi connectivity index (χ2v) is 10.6. The molecular formula is C22H22F2N4O3S. The first-order valence-corrected chi connectivity index (χ1v) is 12.3. The van der Waals surface area contributed by atoms with Crippen molar-refractivity contribution in [2.75, 3.05) is 23.0 Å². The van der Waals surface area contributed by atoms with Crippen LogP contribution in [0.15, 0.2) is 42.7 Å². The van der Waals surface area contributed by atoms with Crippen LogP contribution in [-0.2, 0) is 9.84 Å². The fourth-order valence-electron chi connectivity index (χ4n) is 4.66. The van der Waals surface area contributed by atoms with Crippen molar-refractivity contribution in [2.45, 2.75) is 31.3 Å². The predicted molar refractivity (Wildman–Crippen MR) is 115 cm³/mol. The van der Waals surface area contributed by atoms with E-state index in [0.29, 0.717) is 36.0 Å². The molecule has 1 amide bonds. The summed E-state index contributed by atoms with van der Waals surface area (Å²) in [6, 6.07) is 6.42. The smallest absolute Gasteiger partial charge is 0.255 e. The molecular weight excluding hydrogens is 438 g/mol. The lowest BCUT2D eigenvalue weighted by molar-refractivity contribution is 0.0943. The Hall–Kier alpha value is -3.01. The summed E-state index contributed by atoms with van der Waals surface area (Å²) in [5, 5.41) is 7.01. The Morgan fingerprint density at radius 1 is 1.16 bits per heavy atom. The molecule has 2 aliphatic rings. The highest BCUT2D eigenvalue weighted by atomic mass is 32.2. The number of aromatic nitrogens is 2. The van der Waals surface area contributed by atoms with Crippen molar-refractivity contribution in [3.05, 3.63) is 65.5 Å². The van der Waals surface area contributed by atoms with E-state index in [1.807, 2.05) is 17.0 Å². The molecule has 2 fully saturated rings. The molecule has 2 aliphatic heterocycles. The average Bonchev–Trinajstić information content (AvgIpc) is 3.47. The van der Waals surface area contributed by atoms with E-state index in [1.165, 1.54) is 12.3 Å². The zero-order valence-corrected chi connectivity index (χ0v) is 18.0. The molecule has 32 heavy (non-hydrogen) atoms. The summed E-state index contributed by atoms with van der Waals surface area (Å²) in [7, 11) is -3.11. The molecule has 0 spiro atoms. The molecule has 1 N–H and O–H groups in total. The highest BCUT2D eigenvalue weighted by molar-refractivity contribution is 7.91. The number of nitrogens with one attached hydrogen (secondary N) is 1. The van der Waals surface area contributed by atoms with E-state index in [4.69, 9.17) is 0 Å². The summed E-state index contributed by atoms with van der Waals surface area (Å²) < 4.78 is 53.1. The first-order chi connectivity index (χ1) is 15.3. The van der Waals surface area contributed by atoms with Crippen molar-refractivity contribution in [3.8, 4) is 0 Å². The minimum Gasteiger partial charge on any atom is -0.364 e. The third kappa shape index (κ3) is 3.83. The van der Waals surface area contributed by atoms with Crippen LogP contribution in [0.4, 0.5) is 14.5 Å².